The number of halogens is 1. The second-order valence-corrected chi connectivity index (χ2v) is 4.34. The van der Waals surface area contributed by atoms with Crippen LogP contribution in [-0.2, 0) is 4.79 Å². The highest BCUT2D eigenvalue weighted by Gasteiger charge is 2.11. The van der Waals surface area contributed by atoms with Crippen LogP contribution in [0.15, 0.2) is 30.3 Å². The summed E-state index contributed by atoms with van der Waals surface area (Å²) in [4.78, 5) is 11.6. The van der Waals surface area contributed by atoms with E-state index in [1.807, 2.05) is 13.8 Å². The Morgan fingerprint density at radius 1 is 1.39 bits per heavy atom. The highest BCUT2D eigenvalue weighted by atomic mass is 19.1. The zero-order valence-electron chi connectivity index (χ0n) is 10.6. The minimum absolute atomic E-state index is 0.00757. The molecule has 4 heteroatoms. The lowest BCUT2D eigenvalue weighted by Crippen LogP contribution is -2.37. The van der Waals surface area contributed by atoms with Crippen LogP contribution in [0.3, 0.4) is 0 Å². The van der Waals surface area contributed by atoms with Crippen LogP contribution in [-0.4, -0.2) is 23.7 Å². The normalized spacial score (nSPS) is 14.4. The van der Waals surface area contributed by atoms with Crippen molar-refractivity contribution in [2.24, 2.45) is 5.92 Å². The van der Waals surface area contributed by atoms with Crippen molar-refractivity contribution in [3.63, 3.8) is 0 Å². The van der Waals surface area contributed by atoms with Crippen LogP contribution < -0.4 is 5.32 Å². The summed E-state index contributed by atoms with van der Waals surface area (Å²) in [6, 6.07) is 5.78. The lowest BCUT2D eigenvalue weighted by atomic mass is 10.1. The van der Waals surface area contributed by atoms with Crippen LogP contribution in [0.2, 0.25) is 0 Å². The summed E-state index contributed by atoms with van der Waals surface area (Å²) in [6.45, 7) is 3.72. The number of nitrogens with one attached hydrogen (secondary N) is 1. The summed E-state index contributed by atoms with van der Waals surface area (Å²) in [6.07, 6.45) is 3.01. The number of hydrogen-bond donors (Lipinski definition) is 2. The Kier molecular flexibility index (Phi) is 5.52. The van der Waals surface area contributed by atoms with Gasteiger partial charge in [0, 0.05) is 18.7 Å². The lowest BCUT2D eigenvalue weighted by Gasteiger charge is -2.18. The van der Waals surface area contributed by atoms with E-state index in [0.29, 0.717) is 0 Å². The molecule has 18 heavy (non-hydrogen) atoms. The molecular formula is C14H18FNO2. The van der Waals surface area contributed by atoms with E-state index in [1.54, 1.807) is 18.2 Å². The summed E-state index contributed by atoms with van der Waals surface area (Å²) in [5.41, 5.74) is 0.759. The third kappa shape index (κ3) is 4.67. The Labute approximate surface area is 106 Å². The minimum Gasteiger partial charge on any atom is -0.396 e. The first kappa shape index (κ1) is 14.4. The first-order chi connectivity index (χ1) is 8.52. The first-order valence-corrected chi connectivity index (χ1v) is 5.88. The van der Waals surface area contributed by atoms with E-state index >= 15 is 0 Å². The van der Waals surface area contributed by atoms with E-state index in [2.05, 4.69) is 5.32 Å². The number of aliphatic hydroxyl groups is 1. The maximum Gasteiger partial charge on any atom is 0.244 e. The molecule has 1 aromatic carbocycles. The van der Waals surface area contributed by atoms with Crippen LogP contribution in [0.4, 0.5) is 4.39 Å². The fourth-order valence-corrected chi connectivity index (χ4v) is 1.32. The highest BCUT2D eigenvalue weighted by molar-refractivity contribution is 5.91. The van der Waals surface area contributed by atoms with Crippen LogP contribution in [0, 0.1) is 11.7 Å². The Balaban J connectivity index is 2.52. The van der Waals surface area contributed by atoms with Crippen molar-refractivity contribution in [2.45, 2.75) is 19.9 Å². The van der Waals surface area contributed by atoms with Crippen molar-refractivity contribution < 1.29 is 14.3 Å². The Hall–Kier alpha value is -1.68. The molecule has 1 aromatic rings. The fraction of sp³-hybridized carbons (Fsp3) is 0.357. The zero-order valence-corrected chi connectivity index (χ0v) is 10.6. The number of aliphatic hydroxyl groups excluding tert-OH is 1. The second-order valence-electron chi connectivity index (χ2n) is 4.34. The van der Waals surface area contributed by atoms with Crippen LogP contribution in [0.1, 0.15) is 19.4 Å². The monoisotopic (exact) mass is 251 g/mol. The maximum atomic E-state index is 12.7. The van der Waals surface area contributed by atoms with Crippen LogP contribution >= 0.6 is 0 Å². The molecule has 0 fully saturated rings. The van der Waals surface area contributed by atoms with Gasteiger partial charge in [0.05, 0.1) is 0 Å². The van der Waals surface area contributed by atoms with E-state index < -0.39 is 0 Å². The molecule has 0 aliphatic heterocycles. The summed E-state index contributed by atoms with van der Waals surface area (Å²) in [5, 5.41) is 11.7. The molecule has 1 rings (SSSR count). The van der Waals surface area contributed by atoms with Gasteiger partial charge in [-0.15, -0.1) is 0 Å². The third-order valence-electron chi connectivity index (χ3n) is 2.81. The van der Waals surface area contributed by atoms with Crippen molar-refractivity contribution in [1.29, 1.82) is 0 Å². The molecule has 98 valence electrons. The van der Waals surface area contributed by atoms with Crippen molar-refractivity contribution in [3.8, 4) is 0 Å². The van der Waals surface area contributed by atoms with Crippen LogP contribution in [0.5, 0.6) is 0 Å². The van der Waals surface area contributed by atoms with Crippen molar-refractivity contribution in [1.82, 2.24) is 5.32 Å². The molecule has 0 spiro atoms. The topological polar surface area (TPSA) is 49.3 Å². The predicted molar refractivity (Wildman–Crippen MR) is 69.3 cm³/mol. The predicted octanol–water partition coefficient (Wildman–Crippen LogP) is 1.97. The standard InChI is InChI=1S/C14H18FNO2/c1-10(9-17)11(2)16-14(18)8-5-12-3-6-13(15)7-4-12/h3-8,10-11,17H,9H2,1-2H3,(H,16,18)/b8-5+. The second kappa shape index (κ2) is 6.91. The van der Waals surface area contributed by atoms with Gasteiger partial charge in [-0.3, -0.25) is 4.79 Å². The molecule has 2 unspecified atom stereocenters. The molecule has 0 saturated heterocycles. The van der Waals surface area contributed by atoms with E-state index in [4.69, 9.17) is 5.11 Å². The summed E-state index contributed by atoms with van der Waals surface area (Å²) < 4.78 is 12.7. The van der Waals surface area contributed by atoms with Gasteiger partial charge in [0.25, 0.3) is 0 Å². The van der Waals surface area contributed by atoms with E-state index in [1.165, 1.54) is 18.2 Å². The molecule has 1 amide bonds. The van der Waals surface area contributed by atoms with Gasteiger partial charge in [0.15, 0.2) is 0 Å². The van der Waals surface area contributed by atoms with Gasteiger partial charge in [-0.25, -0.2) is 4.39 Å². The molecule has 0 aliphatic rings. The molecule has 0 saturated carbocycles. The molecule has 3 nitrogen and oxygen atoms in total. The number of carbonyl (C=O) groups is 1. The largest absolute Gasteiger partial charge is 0.396 e. The Morgan fingerprint density at radius 3 is 2.56 bits per heavy atom. The quantitative estimate of drug-likeness (QED) is 0.786. The Bertz CT molecular complexity index is 414. The molecule has 0 bridgehead atoms. The van der Waals surface area contributed by atoms with Gasteiger partial charge in [0.2, 0.25) is 5.91 Å². The number of carbonyl (C=O) groups excluding carboxylic acids is 1. The molecule has 0 aliphatic carbocycles. The van der Waals surface area contributed by atoms with Gasteiger partial charge < -0.3 is 10.4 Å². The van der Waals surface area contributed by atoms with Gasteiger partial charge in [-0.1, -0.05) is 19.1 Å². The minimum atomic E-state index is -0.304. The van der Waals surface area contributed by atoms with E-state index in [-0.39, 0.29) is 30.3 Å². The van der Waals surface area contributed by atoms with Gasteiger partial charge in [-0.2, -0.15) is 0 Å². The summed E-state index contributed by atoms with van der Waals surface area (Å²) in [7, 11) is 0. The number of hydrogen-bond acceptors (Lipinski definition) is 2. The van der Waals surface area contributed by atoms with Gasteiger partial charge in [0.1, 0.15) is 5.82 Å². The maximum absolute atomic E-state index is 12.7. The molecule has 2 N–H and O–H groups in total. The first-order valence-electron chi connectivity index (χ1n) is 5.88. The molecule has 2 atom stereocenters. The molecule has 0 radical (unpaired) electrons. The van der Waals surface area contributed by atoms with Crippen molar-refractivity contribution in [3.05, 3.63) is 41.7 Å². The molecular weight excluding hydrogens is 233 g/mol. The number of rotatable bonds is 5. The molecule has 0 aromatic heterocycles. The van der Waals surface area contributed by atoms with E-state index in [0.717, 1.165) is 5.56 Å². The van der Waals surface area contributed by atoms with Gasteiger partial charge >= 0.3 is 0 Å². The summed E-state index contributed by atoms with van der Waals surface area (Å²) >= 11 is 0. The number of benzene rings is 1. The lowest BCUT2D eigenvalue weighted by molar-refractivity contribution is -0.117. The van der Waals surface area contributed by atoms with E-state index in [9.17, 15) is 9.18 Å². The average molecular weight is 251 g/mol. The highest BCUT2D eigenvalue weighted by Crippen LogP contribution is 2.05. The molecule has 0 heterocycles. The Morgan fingerprint density at radius 2 is 2.00 bits per heavy atom. The van der Waals surface area contributed by atoms with Crippen LogP contribution in [0.25, 0.3) is 6.08 Å². The SMILES string of the molecule is CC(CO)C(C)NC(=O)/C=C/c1ccc(F)cc1. The smallest absolute Gasteiger partial charge is 0.244 e. The third-order valence-corrected chi connectivity index (χ3v) is 2.81. The fourth-order valence-electron chi connectivity index (χ4n) is 1.32. The zero-order chi connectivity index (χ0) is 13.5. The van der Waals surface area contributed by atoms with Crippen molar-refractivity contribution >= 4 is 12.0 Å². The average Bonchev–Trinajstić information content (AvgIpc) is 2.37. The number of amides is 1. The van der Waals surface area contributed by atoms with Crippen molar-refractivity contribution in [2.75, 3.05) is 6.61 Å². The summed E-state index contributed by atoms with van der Waals surface area (Å²) in [5.74, 6) is -0.526. The van der Waals surface area contributed by atoms with Gasteiger partial charge in [-0.05, 0) is 36.6 Å².